The maximum absolute atomic E-state index is 12.5. The molecule has 0 aliphatic heterocycles. The summed E-state index contributed by atoms with van der Waals surface area (Å²) in [6.07, 6.45) is 15.9. The number of hydrogen-bond donors (Lipinski definition) is 5. The first-order valence-corrected chi connectivity index (χ1v) is 17.1. The Morgan fingerprint density at radius 1 is 0.872 bits per heavy atom. The molecule has 4 rings (SSSR count). The molecule has 39 heavy (non-hydrogen) atoms. The summed E-state index contributed by atoms with van der Waals surface area (Å²) in [7, 11) is 0. The second-order valence-corrected chi connectivity index (χ2v) is 15.5. The molecule has 0 spiro atoms. The van der Waals surface area contributed by atoms with Crippen molar-refractivity contribution in [2.24, 2.45) is 52.1 Å². The zero-order chi connectivity index (χ0) is 28.3. The van der Waals surface area contributed by atoms with Gasteiger partial charge in [0.25, 0.3) is 0 Å². The fraction of sp³-hybridized carbons (Fsp3) is 1.00. The summed E-state index contributed by atoms with van der Waals surface area (Å²) in [4.78, 5) is 0. The molecule has 0 aromatic heterocycles. The number of nitrogens with one attached hydrogen (secondary N) is 2. The Morgan fingerprint density at radius 3 is 2.36 bits per heavy atom. The van der Waals surface area contributed by atoms with Crippen LogP contribution >= 0.6 is 0 Å². The predicted molar refractivity (Wildman–Crippen MR) is 163 cm³/mol. The first-order valence-electron chi connectivity index (χ1n) is 17.1. The summed E-state index contributed by atoms with van der Waals surface area (Å²) in [5.41, 5.74) is 5.16. The van der Waals surface area contributed by atoms with Crippen LogP contribution in [0.15, 0.2) is 0 Å². The van der Waals surface area contributed by atoms with Gasteiger partial charge in [-0.1, -0.05) is 53.9 Å². The highest BCUT2D eigenvalue weighted by Crippen LogP contribution is 2.69. The maximum Gasteiger partial charge on any atom is 0.0880 e. The molecule has 0 amide bonds. The molecule has 228 valence electrons. The topological polar surface area (TPSA) is 90.5 Å². The minimum atomic E-state index is -0.804. The maximum atomic E-state index is 12.5. The number of hydrogen-bond acceptors (Lipinski definition) is 5. The molecule has 4 aliphatic carbocycles. The highest BCUT2D eigenvalue weighted by Gasteiger charge is 2.67. The van der Waals surface area contributed by atoms with Crippen molar-refractivity contribution in [2.45, 2.75) is 142 Å². The predicted octanol–water partition coefficient (Wildman–Crippen LogP) is 5.87. The normalized spacial score (nSPS) is 42.7. The van der Waals surface area contributed by atoms with E-state index in [-0.39, 0.29) is 17.6 Å². The van der Waals surface area contributed by atoms with Crippen molar-refractivity contribution < 1.29 is 10.2 Å². The monoisotopic (exact) mass is 548 g/mol. The van der Waals surface area contributed by atoms with Gasteiger partial charge in [0.2, 0.25) is 0 Å². The van der Waals surface area contributed by atoms with E-state index in [2.05, 4.69) is 45.3 Å². The van der Waals surface area contributed by atoms with Crippen LogP contribution in [0.1, 0.15) is 125 Å². The minimum Gasteiger partial charge on any atom is -0.393 e. The van der Waals surface area contributed by atoms with Gasteiger partial charge in [0.15, 0.2) is 0 Å². The second kappa shape index (κ2) is 13.4. The number of aliphatic hydroxyl groups excluding tert-OH is 1. The third-order valence-corrected chi connectivity index (χ3v) is 12.8. The number of nitrogens with two attached hydrogens (primary N) is 1. The Hall–Kier alpha value is -0.200. The Bertz CT molecular complexity index is 763. The van der Waals surface area contributed by atoms with Crippen LogP contribution in [-0.4, -0.2) is 54.1 Å². The van der Waals surface area contributed by atoms with Crippen LogP contribution in [0.25, 0.3) is 0 Å². The third-order valence-electron chi connectivity index (χ3n) is 12.8. The quantitative estimate of drug-likeness (QED) is 0.176. The standard InChI is InChI=1S/C34H65N3O2/c1-24(2)10-8-11-25(3)28-12-13-29-27-22-31(37-21-7-6-19-36-20-9-18-35)34(39)23-26(38)14-17-33(34,5)30(27)15-16-32(28,29)4/h24-31,36-39H,6-23,35H2,1-5H3/t25-,26?,27+,28-,29+,30+,31?,32-,33-,34?/m1/s1. The lowest BCUT2D eigenvalue weighted by molar-refractivity contribution is -0.234. The first kappa shape index (κ1) is 31.7. The van der Waals surface area contributed by atoms with Crippen molar-refractivity contribution in [2.75, 3.05) is 26.2 Å². The summed E-state index contributed by atoms with van der Waals surface area (Å²) < 4.78 is 0. The molecular weight excluding hydrogens is 482 g/mol. The second-order valence-electron chi connectivity index (χ2n) is 15.5. The van der Waals surface area contributed by atoms with Crippen LogP contribution in [0.2, 0.25) is 0 Å². The van der Waals surface area contributed by atoms with Gasteiger partial charge in [-0.25, -0.2) is 0 Å². The van der Waals surface area contributed by atoms with Gasteiger partial charge in [-0.2, -0.15) is 0 Å². The average Bonchev–Trinajstić information content (AvgIpc) is 3.24. The zero-order valence-corrected chi connectivity index (χ0v) is 26.3. The number of rotatable bonds is 14. The lowest BCUT2D eigenvalue weighted by Crippen LogP contribution is -2.71. The molecule has 10 atom stereocenters. The average molecular weight is 548 g/mol. The smallest absolute Gasteiger partial charge is 0.0880 e. The SMILES string of the molecule is CC(C)CCC[C@@H](C)[C@H]1CC[C@H]2[C@@H]3CC(NCCCCNCCCN)C4(O)CC(O)CC[C@]4(C)[C@H]3CC[C@]12C. The fourth-order valence-electron chi connectivity index (χ4n) is 10.6. The van der Waals surface area contributed by atoms with Crippen molar-refractivity contribution in [1.82, 2.24) is 10.6 Å². The molecule has 4 fully saturated rings. The first-order chi connectivity index (χ1) is 18.6. The van der Waals surface area contributed by atoms with E-state index in [1.807, 2.05) is 0 Å². The largest absolute Gasteiger partial charge is 0.393 e. The molecule has 0 aromatic rings. The van der Waals surface area contributed by atoms with Crippen molar-refractivity contribution in [1.29, 1.82) is 0 Å². The molecule has 0 bridgehead atoms. The van der Waals surface area contributed by atoms with Crippen LogP contribution in [0.5, 0.6) is 0 Å². The van der Waals surface area contributed by atoms with Crippen LogP contribution in [0.4, 0.5) is 0 Å². The molecule has 0 radical (unpaired) electrons. The molecule has 6 N–H and O–H groups in total. The molecule has 5 heteroatoms. The molecule has 4 saturated carbocycles. The van der Waals surface area contributed by atoms with Gasteiger partial charge in [0.1, 0.15) is 0 Å². The Kier molecular flexibility index (Phi) is 10.9. The Labute approximate surface area is 241 Å². The highest BCUT2D eigenvalue weighted by atomic mass is 16.3. The van der Waals surface area contributed by atoms with Gasteiger partial charge in [0.05, 0.1) is 11.7 Å². The van der Waals surface area contributed by atoms with E-state index in [4.69, 9.17) is 5.73 Å². The molecule has 4 aliphatic rings. The fourth-order valence-corrected chi connectivity index (χ4v) is 10.6. The van der Waals surface area contributed by atoms with Gasteiger partial charge < -0.3 is 26.6 Å². The van der Waals surface area contributed by atoms with E-state index < -0.39 is 5.60 Å². The van der Waals surface area contributed by atoms with E-state index in [9.17, 15) is 10.2 Å². The number of unbranched alkanes of at least 4 members (excludes halogenated alkanes) is 1. The summed E-state index contributed by atoms with van der Waals surface area (Å²) in [6.45, 7) is 16.1. The van der Waals surface area contributed by atoms with E-state index in [0.29, 0.717) is 23.7 Å². The van der Waals surface area contributed by atoms with Gasteiger partial charge in [-0.15, -0.1) is 0 Å². The lowest BCUT2D eigenvalue weighted by Gasteiger charge is -2.66. The summed E-state index contributed by atoms with van der Waals surface area (Å²) >= 11 is 0. The number of fused-ring (bicyclic) bond motifs is 5. The van der Waals surface area contributed by atoms with Gasteiger partial charge in [0, 0.05) is 17.9 Å². The van der Waals surface area contributed by atoms with Crippen molar-refractivity contribution in [3.8, 4) is 0 Å². The van der Waals surface area contributed by atoms with E-state index in [1.54, 1.807) is 0 Å². The summed E-state index contributed by atoms with van der Waals surface area (Å²) in [5, 5.41) is 30.6. The summed E-state index contributed by atoms with van der Waals surface area (Å²) in [5.74, 6) is 4.57. The third kappa shape index (κ3) is 6.43. The zero-order valence-electron chi connectivity index (χ0n) is 26.3. The van der Waals surface area contributed by atoms with Crippen LogP contribution < -0.4 is 16.4 Å². The Morgan fingerprint density at radius 2 is 1.62 bits per heavy atom. The molecule has 0 aromatic carbocycles. The molecular formula is C34H65N3O2. The van der Waals surface area contributed by atoms with E-state index in [0.717, 1.165) is 88.4 Å². The summed E-state index contributed by atoms with van der Waals surface area (Å²) in [6, 6.07) is 0.0914. The van der Waals surface area contributed by atoms with Gasteiger partial charge >= 0.3 is 0 Å². The van der Waals surface area contributed by atoms with Gasteiger partial charge in [-0.3, -0.25) is 0 Å². The minimum absolute atomic E-state index is 0.0914. The van der Waals surface area contributed by atoms with Crippen LogP contribution in [0.3, 0.4) is 0 Å². The molecule has 3 unspecified atom stereocenters. The molecule has 5 nitrogen and oxygen atoms in total. The Balaban J connectivity index is 1.45. The molecule has 0 saturated heterocycles. The van der Waals surface area contributed by atoms with Crippen molar-refractivity contribution in [3.63, 3.8) is 0 Å². The molecule has 0 heterocycles. The number of aliphatic hydroxyl groups is 2. The van der Waals surface area contributed by atoms with E-state index >= 15 is 0 Å². The van der Waals surface area contributed by atoms with Crippen LogP contribution in [-0.2, 0) is 0 Å². The van der Waals surface area contributed by atoms with E-state index in [1.165, 1.54) is 44.9 Å². The van der Waals surface area contributed by atoms with Gasteiger partial charge in [-0.05, 0) is 131 Å². The van der Waals surface area contributed by atoms with Crippen LogP contribution in [0, 0.1) is 46.3 Å². The van der Waals surface area contributed by atoms with Crippen molar-refractivity contribution >= 4 is 0 Å². The highest BCUT2D eigenvalue weighted by molar-refractivity contribution is 5.18. The van der Waals surface area contributed by atoms with Crippen molar-refractivity contribution in [3.05, 3.63) is 0 Å². The lowest BCUT2D eigenvalue weighted by atomic mass is 9.42.